The molecule has 8 nitrogen and oxygen atoms in total. The third-order valence-corrected chi connectivity index (χ3v) is 4.07. The number of carbonyl (C=O) groups excluding carboxylic acids is 1. The molecule has 128 valence electrons. The van der Waals surface area contributed by atoms with Crippen LogP contribution in [0.5, 0.6) is 0 Å². The molecule has 0 N–H and O–H groups in total. The van der Waals surface area contributed by atoms with Crippen molar-refractivity contribution < 1.29 is 19.0 Å². The van der Waals surface area contributed by atoms with Crippen LogP contribution in [0.4, 0.5) is 4.79 Å². The Labute approximate surface area is 139 Å². The summed E-state index contributed by atoms with van der Waals surface area (Å²) in [6.45, 7) is 4.39. The number of nitrogens with zero attached hydrogens (tertiary/aromatic N) is 4. The Balaban J connectivity index is 1.65. The van der Waals surface area contributed by atoms with Crippen LogP contribution in [0, 0.1) is 0 Å². The Bertz CT molecular complexity index is 645. The Morgan fingerprint density at radius 2 is 2.12 bits per heavy atom. The molecule has 1 amide bonds. The molecule has 0 aliphatic carbocycles. The molecule has 0 spiro atoms. The predicted octanol–water partition coefficient (Wildman–Crippen LogP) is 2.84. The average Bonchev–Trinajstić information content (AvgIpc) is 2.88. The van der Waals surface area contributed by atoms with Crippen molar-refractivity contribution in [3.63, 3.8) is 0 Å². The van der Waals surface area contributed by atoms with Crippen molar-refractivity contribution in [1.82, 2.24) is 4.90 Å². The van der Waals surface area contributed by atoms with Gasteiger partial charge in [-0.2, -0.15) is 0 Å². The summed E-state index contributed by atoms with van der Waals surface area (Å²) >= 11 is 0. The summed E-state index contributed by atoms with van der Waals surface area (Å²) in [7, 11) is 0. The third-order valence-electron chi connectivity index (χ3n) is 4.07. The van der Waals surface area contributed by atoms with Gasteiger partial charge in [0.2, 0.25) is 0 Å². The summed E-state index contributed by atoms with van der Waals surface area (Å²) in [6.07, 6.45) is -1.15. The van der Waals surface area contributed by atoms with Gasteiger partial charge in [-0.3, -0.25) is 0 Å². The molecular weight excluding hydrogens is 312 g/mol. The quantitative estimate of drug-likeness (QED) is 0.483. The van der Waals surface area contributed by atoms with Crippen LogP contribution in [0.25, 0.3) is 10.4 Å². The lowest BCUT2D eigenvalue weighted by Crippen LogP contribution is -2.55. The number of fused-ring (bicyclic) bond motifs is 1. The lowest BCUT2D eigenvalue weighted by molar-refractivity contribution is -0.145. The number of ether oxygens (including phenoxy) is 3. The van der Waals surface area contributed by atoms with E-state index in [1.165, 1.54) is 4.90 Å². The van der Waals surface area contributed by atoms with Crippen molar-refractivity contribution in [2.45, 2.75) is 44.5 Å². The van der Waals surface area contributed by atoms with Crippen LogP contribution in [-0.4, -0.2) is 48.1 Å². The zero-order valence-electron chi connectivity index (χ0n) is 13.7. The van der Waals surface area contributed by atoms with Crippen molar-refractivity contribution in [1.29, 1.82) is 0 Å². The number of benzene rings is 1. The molecule has 0 saturated carbocycles. The summed E-state index contributed by atoms with van der Waals surface area (Å²) < 4.78 is 17.0. The van der Waals surface area contributed by atoms with Gasteiger partial charge >= 0.3 is 6.09 Å². The molecule has 24 heavy (non-hydrogen) atoms. The second-order valence-electron chi connectivity index (χ2n) is 6.36. The first-order chi connectivity index (χ1) is 11.5. The fourth-order valence-corrected chi connectivity index (χ4v) is 3.08. The molecule has 2 aliphatic rings. The van der Waals surface area contributed by atoms with E-state index in [2.05, 4.69) is 10.0 Å². The molecule has 2 fully saturated rings. The monoisotopic (exact) mass is 332 g/mol. The molecule has 1 aromatic rings. The maximum atomic E-state index is 12.3. The molecule has 0 radical (unpaired) electrons. The highest BCUT2D eigenvalue weighted by molar-refractivity contribution is 5.68. The predicted molar refractivity (Wildman–Crippen MR) is 85.0 cm³/mol. The van der Waals surface area contributed by atoms with E-state index in [1.807, 2.05) is 30.3 Å². The second kappa shape index (κ2) is 6.68. The largest absolute Gasteiger partial charge is 0.445 e. The van der Waals surface area contributed by atoms with Crippen LogP contribution in [0.15, 0.2) is 35.4 Å². The highest BCUT2D eigenvalue weighted by Gasteiger charge is 2.49. The molecule has 0 aromatic heterocycles. The van der Waals surface area contributed by atoms with Gasteiger partial charge in [-0.1, -0.05) is 35.4 Å². The van der Waals surface area contributed by atoms with Crippen molar-refractivity contribution in [3.8, 4) is 0 Å². The topological polar surface area (TPSA) is 96.8 Å². The van der Waals surface area contributed by atoms with E-state index in [4.69, 9.17) is 19.7 Å². The maximum Gasteiger partial charge on any atom is 0.410 e. The summed E-state index contributed by atoms with van der Waals surface area (Å²) in [6, 6.07) is 8.95. The van der Waals surface area contributed by atoms with Crippen molar-refractivity contribution >= 4 is 6.09 Å². The normalized spacial score (nSPS) is 27.9. The lowest BCUT2D eigenvalue weighted by atomic mass is 10.0. The number of amides is 1. The standard InChI is InChI=1S/C16H20N4O4/c1-16(2)23-13-9-20(8-12(18-19-17)14(13)24-16)15(21)22-10-11-6-4-3-5-7-11/h3-7,12-14H,8-10H2,1-2H3/t12-,13-,14+/m0/s1. The van der Waals surface area contributed by atoms with E-state index < -0.39 is 17.9 Å². The number of piperidine rings is 1. The van der Waals surface area contributed by atoms with Gasteiger partial charge in [0.15, 0.2) is 5.79 Å². The lowest BCUT2D eigenvalue weighted by Gasteiger charge is -2.36. The molecule has 3 atom stereocenters. The first kappa shape index (κ1) is 16.6. The summed E-state index contributed by atoms with van der Waals surface area (Å²) in [5, 5.41) is 3.77. The molecule has 3 rings (SSSR count). The molecule has 0 bridgehead atoms. The van der Waals surface area contributed by atoms with Gasteiger partial charge in [0.1, 0.15) is 12.7 Å². The van der Waals surface area contributed by atoms with Crippen molar-refractivity contribution in [2.24, 2.45) is 5.11 Å². The van der Waals surface area contributed by atoms with Gasteiger partial charge in [-0.25, -0.2) is 4.79 Å². The molecule has 0 unspecified atom stereocenters. The fourth-order valence-electron chi connectivity index (χ4n) is 3.08. The number of hydrogen-bond donors (Lipinski definition) is 0. The Morgan fingerprint density at radius 1 is 1.38 bits per heavy atom. The highest BCUT2D eigenvalue weighted by Crippen LogP contribution is 2.34. The first-order valence-electron chi connectivity index (χ1n) is 7.84. The van der Waals surface area contributed by atoms with Crippen LogP contribution in [0.3, 0.4) is 0 Å². The van der Waals surface area contributed by atoms with E-state index in [1.54, 1.807) is 13.8 Å². The van der Waals surface area contributed by atoms with E-state index in [9.17, 15) is 4.79 Å². The van der Waals surface area contributed by atoms with E-state index in [0.717, 1.165) is 5.56 Å². The fraction of sp³-hybridized carbons (Fsp3) is 0.562. The van der Waals surface area contributed by atoms with Crippen LogP contribution < -0.4 is 0 Å². The van der Waals surface area contributed by atoms with E-state index in [0.29, 0.717) is 6.54 Å². The van der Waals surface area contributed by atoms with Gasteiger partial charge in [0.05, 0.1) is 18.7 Å². The number of likely N-dealkylation sites (tertiary alicyclic amines) is 1. The zero-order chi connectivity index (χ0) is 17.2. The van der Waals surface area contributed by atoms with Gasteiger partial charge in [0.25, 0.3) is 0 Å². The molecular formula is C16H20N4O4. The van der Waals surface area contributed by atoms with Crippen molar-refractivity contribution in [3.05, 3.63) is 46.3 Å². The smallest absolute Gasteiger partial charge is 0.410 e. The molecule has 2 aliphatic heterocycles. The van der Waals surface area contributed by atoms with Gasteiger partial charge in [0, 0.05) is 11.5 Å². The Morgan fingerprint density at radius 3 is 2.83 bits per heavy atom. The molecule has 8 heteroatoms. The number of carbonyl (C=O) groups is 1. The van der Waals surface area contributed by atoms with Crippen LogP contribution in [0.1, 0.15) is 19.4 Å². The van der Waals surface area contributed by atoms with Crippen LogP contribution in [-0.2, 0) is 20.8 Å². The number of azide groups is 1. The summed E-state index contributed by atoms with van der Waals surface area (Å²) in [5.41, 5.74) is 9.68. The minimum Gasteiger partial charge on any atom is -0.445 e. The van der Waals surface area contributed by atoms with E-state index in [-0.39, 0.29) is 25.4 Å². The Hall–Kier alpha value is -2.28. The molecule has 1 aromatic carbocycles. The zero-order valence-corrected chi connectivity index (χ0v) is 13.7. The van der Waals surface area contributed by atoms with Gasteiger partial charge < -0.3 is 19.1 Å². The summed E-state index contributed by atoms with van der Waals surface area (Å²) in [5.74, 6) is -0.761. The SMILES string of the molecule is CC1(C)O[C@@H]2[C@@H](N=[N+]=[N-])CN(C(=O)OCc3ccccc3)C[C@@H]2O1. The second-order valence-corrected chi connectivity index (χ2v) is 6.36. The van der Waals surface area contributed by atoms with Gasteiger partial charge in [-0.15, -0.1) is 0 Å². The number of hydrogen-bond acceptors (Lipinski definition) is 5. The number of rotatable bonds is 3. The average molecular weight is 332 g/mol. The van der Waals surface area contributed by atoms with Crippen LogP contribution >= 0.6 is 0 Å². The van der Waals surface area contributed by atoms with Crippen molar-refractivity contribution in [2.75, 3.05) is 13.1 Å². The highest BCUT2D eigenvalue weighted by atomic mass is 16.8. The first-order valence-corrected chi connectivity index (χ1v) is 7.84. The minimum atomic E-state index is -0.761. The summed E-state index contributed by atoms with van der Waals surface area (Å²) in [4.78, 5) is 16.7. The van der Waals surface area contributed by atoms with Crippen LogP contribution in [0.2, 0.25) is 0 Å². The molecule has 2 saturated heterocycles. The van der Waals surface area contributed by atoms with E-state index >= 15 is 0 Å². The minimum absolute atomic E-state index is 0.194. The Kier molecular flexibility index (Phi) is 4.62. The van der Waals surface area contributed by atoms with Gasteiger partial charge in [-0.05, 0) is 24.9 Å². The molecule has 2 heterocycles. The maximum absolute atomic E-state index is 12.3. The third kappa shape index (κ3) is 3.62.